The lowest BCUT2D eigenvalue weighted by atomic mass is 9.83. The van der Waals surface area contributed by atoms with Crippen molar-refractivity contribution in [2.24, 2.45) is 5.41 Å². The molecule has 0 aliphatic rings. The van der Waals surface area contributed by atoms with Gasteiger partial charge in [0.25, 0.3) is 0 Å². The van der Waals surface area contributed by atoms with Gasteiger partial charge in [0.05, 0.1) is 0 Å². The van der Waals surface area contributed by atoms with Crippen LogP contribution in [0.4, 0.5) is 4.79 Å². The fourth-order valence-electron chi connectivity index (χ4n) is 3.53. The first-order valence-corrected chi connectivity index (χ1v) is 11.2. The van der Waals surface area contributed by atoms with Gasteiger partial charge in [-0.1, -0.05) is 80.1 Å². The second-order valence-electron chi connectivity index (χ2n) is 10.1. The quantitative estimate of drug-likeness (QED) is 0.480. The SMILES string of the molecule is C=C(Cl)C(C)(C)CC(Cc1ccc(-c2cc(C)ccc2C)cc1)NC(=O)OC(C)(C)C. The molecule has 0 fully saturated rings. The average molecular weight is 442 g/mol. The van der Waals surface area contributed by atoms with Gasteiger partial charge in [-0.25, -0.2) is 4.79 Å². The van der Waals surface area contributed by atoms with Gasteiger partial charge >= 0.3 is 6.09 Å². The van der Waals surface area contributed by atoms with E-state index in [9.17, 15) is 4.79 Å². The van der Waals surface area contributed by atoms with Crippen molar-refractivity contribution < 1.29 is 9.53 Å². The third kappa shape index (κ3) is 7.74. The summed E-state index contributed by atoms with van der Waals surface area (Å²) in [5, 5.41) is 3.61. The van der Waals surface area contributed by atoms with Crippen LogP contribution in [0.1, 0.15) is 57.7 Å². The molecule has 0 saturated heterocycles. The van der Waals surface area contributed by atoms with Crippen molar-refractivity contribution in [2.45, 2.75) is 73.0 Å². The largest absolute Gasteiger partial charge is 0.444 e. The first-order chi connectivity index (χ1) is 14.3. The summed E-state index contributed by atoms with van der Waals surface area (Å²) in [4.78, 5) is 12.4. The van der Waals surface area contributed by atoms with Crippen LogP contribution in [0.15, 0.2) is 54.1 Å². The van der Waals surface area contributed by atoms with E-state index in [1.807, 2.05) is 34.6 Å². The van der Waals surface area contributed by atoms with Crippen molar-refractivity contribution in [3.05, 3.63) is 70.8 Å². The topological polar surface area (TPSA) is 38.3 Å². The molecule has 4 heteroatoms. The van der Waals surface area contributed by atoms with Crippen LogP contribution < -0.4 is 5.32 Å². The number of hydrogen-bond donors (Lipinski definition) is 1. The summed E-state index contributed by atoms with van der Waals surface area (Å²) in [5.41, 5.74) is 5.21. The third-order valence-corrected chi connectivity index (χ3v) is 5.86. The molecular weight excluding hydrogens is 406 g/mol. The molecule has 2 aromatic carbocycles. The Balaban J connectivity index is 2.21. The van der Waals surface area contributed by atoms with E-state index < -0.39 is 11.7 Å². The van der Waals surface area contributed by atoms with Crippen LogP contribution in [0.5, 0.6) is 0 Å². The number of alkyl carbamates (subject to hydrolysis) is 1. The Morgan fingerprint density at radius 2 is 1.68 bits per heavy atom. The van der Waals surface area contributed by atoms with Crippen molar-refractivity contribution in [1.82, 2.24) is 5.32 Å². The van der Waals surface area contributed by atoms with Crippen LogP contribution >= 0.6 is 11.6 Å². The summed E-state index contributed by atoms with van der Waals surface area (Å²) in [5.74, 6) is 0. The molecule has 0 aliphatic carbocycles. The number of carbonyl (C=O) groups is 1. The Morgan fingerprint density at radius 3 is 2.23 bits per heavy atom. The summed E-state index contributed by atoms with van der Waals surface area (Å²) < 4.78 is 5.48. The minimum atomic E-state index is -0.548. The number of amides is 1. The Kier molecular flexibility index (Phi) is 7.99. The van der Waals surface area contributed by atoms with Gasteiger partial charge in [0.1, 0.15) is 5.60 Å². The molecule has 2 aromatic rings. The highest BCUT2D eigenvalue weighted by Gasteiger charge is 2.28. The summed E-state index contributed by atoms with van der Waals surface area (Å²) in [6.07, 6.45) is 0.924. The van der Waals surface area contributed by atoms with E-state index >= 15 is 0 Å². The van der Waals surface area contributed by atoms with Gasteiger partial charge in [0.2, 0.25) is 0 Å². The predicted molar refractivity (Wildman–Crippen MR) is 132 cm³/mol. The van der Waals surface area contributed by atoms with E-state index in [0.29, 0.717) is 17.9 Å². The standard InChI is InChI=1S/C27H36ClNO2/c1-18-9-10-19(2)24(15-18)22-13-11-21(12-14-22)16-23(17-27(7,8)20(3)28)29-25(30)31-26(4,5)6/h9-15,23H,3,16-17H2,1-2,4-8H3,(H,29,30). The van der Waals surface area contributed by atoms with Crippen LogP contribution in [-0.4, -0.2) is 17.7 Å². The van der Waals surface area contributed by atoms with E-state index in [4.69, 9.17) is 16.3 Å². The molecule has 0 radical (unpaired) electrons. The zero-order valence-electron chi connectivity index (χ0n) is 19.9. The summed E-state index contributed by atoms with van der Waals surface area (Å²) in [7, 11) is 0. The van der Waals surface area contributed by atoms with E-state index in [0.717, 1.165) is 5.56 Å². The van der Waals surface area contributed by atoms with Crippen molar-refractivity contribution in [3.8, 4) is 11.1 Å². The second kappa shape index (κ2) is 9.91. The van der Waals surface area contributed by atoms with Gasteiger partial charge < -0.3 is 10.1 Å². The van der Waals surface area contributed by atoms with Gasteiger partial charge in [0.15, 0.2) is 0 Å². The molecule has 31 heavy (non-hydrogen) atoms. The number of nitrogens with one attached hydrogen (secondary N) is 1. The first-order valence-electron chi connectivity index (χ1n) is 10.8. The number of rotatable bonds is 7. The van der Waals surface area contributed by atoms with Crippen molar-refractivity contribution >= 4 is 17.7 Å². The Bertz CT molecular complexity index is 923. The van der Waals surface area contributed by atoms with Crippen LogP contribution in [0.25, 0.3) is 11.1 Å². The second-order valence-corrected chi connectivity index (χ2v) is 10.5. The van der Waals surface area contributed by atoms with Gasteiger partial charge in [-0.2, -0.15) is 0 Å². The van der Waals surface area contributed by atoms with E-state index in [-0.39, 0.29) is 11.5 Å². The molecule has 0 spiro atoms. The highest BCUT2D eigenvalue weighted by Crippen LogP contribution is 2.34. The molecule has 0 saturated carbocycles. The zero-order valence-corrected chi connectivity index (χ0v) is 20.7. The normalized spacial score (nSPS) is 12.9. The number of benzene rings is 2. The van der Waals surface area contributed by atoms with Gasteiger partial charge in [-0.3, -0.25) is 0 Å². The van der Waals surface area contributed by atoms with E-state index in [2.05, 4.69) is 68.2 Å². The number of hydrogen-bond acceptors (Lipinski definition) is 2. The summed E-state index contributed by atoms with van der Waals surface area (Å²) in [6, 6.07) is 14.9. The van der Waals surface area contributed by atoms with Gasteiger partial charge in [-0.05, 0) is 69.7 Å². The molecule has 0 heterocycles. The number of halogens is 1. The van der Waals surface area contributed by atoms with Crippen molar-refractivity contribution in [1.29, 1.82) is 0 Å². The Hall–Kier alpha value is -2.26. The van der Waals surface area contributed by atoms with Gasteiger partial charge in [-0.15, -0.1) is 0 Å². The maximum Gasteiger partial charge on any atom is 0.407 e. The molecule has 2 rings (SSSR count). The Morgan fingerprint density at radius 1 is 1.06 bits per heavy atom. The van der Waals surface area contributed by atoms with Crippen molar-refractivity contribution in [2.75, 3.05) is 0 Å². The molecular formula is C27H36ClNO2. The highest BCUT2D eigenvalue weighted by molar-refractivity contribution is 6.29. The molecule has 0 aromatic heterocycles. The number of carbonyl (C=O) groups excluding carboxylic acids is 1. The molecule has 1 unspecified atom stereocenters. The maximum absolute atomic E-state index is 12.4. The molecule has 3 nitrogen and oxygen atoms in total. The van der Waals surface area contributed by atoms with Gasteiger partial charge in [0, 0.05) is 16.5 Å². The lowest BCUT2D eigenvalue weighted by Crippen LogP contribution is -2.42. The number of allylic oxidation sites excluding steroid dienone is 1. The lowest BCUT2D eigenvalue weighted by molar-refractivity contribution is 0.0494. The average Bonchev–Trinajstić information content (AvgIpc) is 2.62. The molecule has 1 N–H and O–H groups in total. The monoisotopic (exact) mass is 441 g/mol. The van der Waals surface area contributed by atoms with Crippen LogP contribution in [0, 0.1) is 19.3 Å². The Labute approximate surface area is 192 Å². The summed E-state index contributed by atoms with van der Waals surface area (Å²) in [6.45, 7) is 17.8. The summed E-state index contributed by atoms with van der Waals surface area (Å²) >= 11 is 6.24. The fraction of sp³-hybridized carbons (Fsp3) is 0.444. The third-order valence-electron chi connectivity index (χ3n) is 5.35. The van der Waals surface area contributed by atoms with Crippen LogP contribution in [0.2, 0.25) is 0 Å². The molecule has 0 bridgehead atoms. The minimum Gasteiger partial charge on any atom is -0.444 e. The number of ether oxygens (including phenoxy) is 1. The van der Waals surface area contributed by atoms with E-state index in [1.165, 1.54) is 22.3 Å². The lowest BCUT2D eigenvalue weighted by Gasteiger charge is -2.30. The smallest absolute Gasteiger partial charge is 0.407 e. The molecule has 1 amide bonds. The minimum absolute atomic E-state index is 0.132. The predicted octanol–water partition coefficient (Wildman–Crippen LogP) is 7.58. The highest BCUT2D eigenvalue weighted by atomic mass is 35.5. The first kappa shape index (κ1) is 25.0. The fourth-order valence-corrected chi connectivity index (χ4v) is 3.60. The van der Waals surface area contributed by atoms with E-state index in [1.54, 1.807) is 0 Å². The van der Waals surface area contributed by atoms with Crippen molar-refractivity contribution in [3.63, 3.8) is 0 Å². The van der Waals surface area contributed by atoms with Crippen LogP contribution in [0.3, 0.4) is 0 Å². The molecule has 1 atom stereocenters. The number of aryl methyl sites for hydroxylation is 2. The molecule has 168 valence electrons. The zero-order chi connectivity index (χ0) is 23.4. The molecule has 0 aliphatic heterocycles. The van der Waals surface area contributed by atoms with Crippen LogP contribution in [-0.2, 0) is 11.2 Å². The maximum atomic E-state index is 12.4.